The summed E-state index contributed by atoms with van der Waals surface area (Å²) in [5.41, 5.74) is 0.485. The molecule has 2 rings (SSSR count). The smallest absolute Gasteiger partial charge is 0.170 e. The first-order valence-corrected chi connectivity index (χ1v) is 9.67. The van der Waals surface area contributed by atoms with Crippen molar-refractivity contribution in [3.05, 3.63) is 5.82 Å². The van der Waals surface area contributed by atoms with Crippen LogP contribution in [0.15, 0.2) is 4.34 Å². The van der Waals surface area contributed by atoms with Crippen LogP contribution in [0.25, 0.3) is 0 Å². The van der Waals surface area contributed by atoms with Crippen LogP contribution in [0.5, 0.6) is 0 Å². The first-order valence-electron chi connectivity index (χ1n) is 6.79. The fraction of sp³-hybridized carbons (Fsp3) is 0.846. The first-order chi connectivity index (χ1) is 8.78. The van der Waals surface area contributed by atoms with Gasteiger partial charge >= 0.3 is 0 Å². The highest BCUT2D eigenvalue weighted by atomic mass is 79.9. The lowest BCUT2D eigenvalue weighted by Gasteiger charge is -2.29. The molecule has 0 unspecified atom stereocenters. The molecule has 0 aromatic carbocycles. The molecule has 5 heteroatoms. The molecular weight excluding hydrogens is 328 g/mol. The highest BCUT2D eigenvalue weighted by molar-refractivity contribution is 9.09. The third-order valence-corrected chi connectivity index (χ3v) is 7.13. The molecule has 1 saturated carbocycles. The van der Waals surface area contributed by atoms with E-state index in [0.717, 1.165) is 21.9 Å². The normalized spacial score (nSPS) is 19.7. The van der Waals surface area contributed by atoms with Crippen molar-refractivity contribution in [3.63, 3.8) is 0 Å². The highest BCUT2D eigenvalue weighted by Crippen LogP contribution is 2.41. The third-order valence-electron chi connectivity index (χ3n) is 3.72. The predicted molar refractivity (Wildman–Crippen MR) is 83.9 cm³/mol. The monoisotopic (exact) mass is 348 g/mol. The lowest BCUT2D eigenvalue weighted by Crippen LogP contribution is -2.25. The Hall–Kier alpha value is 0.390. The lowest BCUT2D eigenvalue weighted by molar-refractivity contribution is 0.334. The van der Waals surface area contributed by atoms with Gasteiger partial charge in [-0.3, -0.25) is 0 Å². The number of thioether (sulfide) groups is 1. The van der Waals surface area contributed by atoms with Crippen molar-refractivity contribution >= 4 is 39.2 Å². The van der Waals surface area contributed by atoms with E-state index in [0.29, 0.717) is 5.41 Å². The molecular formula is C13H21BrN2S2. The van der Waals surface area contributed by atoms with E-state index < -0.39 is 0 Å². The van der Waals surface area contributed by atoms with Gasteiger partial charge in [-0.25, -0.2) is 4.98 Å². The summed E-state index contributed by atoms with van der Waals surface area (Å²) in [6.45, 7) is 2.11. The molecule has 2 nitrogen and oxygen atoms in total. The molecule has 1 fully saturated rings. The minimum absolute atomic E-state index is 0.485. The average Bonchev–Trinajstić information content (AvgIpc) is 2.74. The van der Waals surface area contributed by atoms with Crippen LogP contribution in [0.3, 0.4) is 0 Å². The predicted octanol–water partition coefficient (Wildman–Crippen LogP) is 4.93. The Bertz CT molecular complexity index is 360. The van der Waals surface area contributed by atoms with Gasteiger partial charge in [0.05, 0.1) is 0 Å². The van der Waals surface area contributed by atoms with Crippen LogP contribution >= 0.6 is 39.2 Å². The van der Waals surface area contributed by atoms with Crippen molar-refractivity contribution in [2.75, 3.05) is 11.1 Å². The van der Waals surface area contributed by atoms with Gasteiger partial charge in [0, 0.05) is 17.5 Å². The highest BCUT2D eigenvalue weighted by Gasteiger charge is 2.30. The minimum atomic E-state index is 0.485. The number of nitrogens with zero attached hydrogens (tertiary/aromatic N) is 2. The fourth-order valence-corrected chi connectivity index (χ4v) is 5.46. The zero-order valence-electron chi connectivity index (χ0n) is 11.0. The maximum atomic E-state index is 4.56. The summed E-state index contributed by atoms with van der Waals surface area (Å²) in [7, 11) is 0. The van der Waals surface area contributed by atoms with E-state index >= 15 is 0 Å². The van der Waals surface area contributed by atoms with E-state index in [1.165, 1.54) is 44.3 Å². The van der Waals surface area contributed by atoms with Crippen LogP contribution in [0.2, 0.25) is 0 Å². The van der Waals surface area contributed by atoms with Gasteiger partial charge in [0.1, 0.15) is 5.82 Å². The molecule has 1 aliphatic rings. The second-order valence-electron chi connectivity index (χ2n) is 5.17. The fourth-order valence-electron chi connectivity index (χ4n) is 2.45. The maximum Gasteiger partial charge on any atom is 0.170 e. The van der Waals surface area contributed by atoms with Crippen molar-refractivity contribution in [2.45, 2.75) is 56.2 Å². The zero-order chi connectivity index (χ0) is 12.8. The average molecular weight is 349 g/mol. The Morgan fingerprint density at radius 2 is 2.00 bits per heavy atom. The van der Waals surface area contributed by atoms with Crippen molar-refractivity contribution in [3.8, 4) is 0 Å². The van der Waals surface area contributed by atoms with E-state index in [4.69, 9.17) is 0 Å². The van der Waals surface area contributed by atoms with E-state index in [-0.39, 0.29) is 0 Å². The maximum absolute atomic E-state index is 4.56. The van der Waals surface area contributed by atoms with Crippen molar-refractivity contribution in [2.24, 2.45) is 5.41 Å². The summed E-state index contributed by atoms with van der Waals surface area (Å²) < 4.78 is 5.51. The molecule has 1 aromatic rings. The van der Waals surface area contributed by atoms with Crippen LogP contribution < -0.4 is 0 Å². The molecule has 0 radical (unpaired) electrons. The van der Waals surface area contributed by atoms with Crippen molar-refractivity contribution in [1.82, 2.24) is 9.36 Å². The topological polar surface area (TPSA) is 25.8 Å². The van der Waals surface area contributed by atoms with E-state index in [2.05, 4.69) is 32.2 Å². The largest absolute Gasteiger partial charge is 0.213 e. The number of hydrogen-bond donors (Lipinski definition) is 0. The van der Waals surface area contributed by atoms with Gasteiger partial charge in [-0.1, -0.05) is 60.3 Å². The van der Waals surface area contributed by atoms with Gasteiger partial charge in [0.25, 0.3) is 0 Å². The molecule has 1 aliphatic carbocycles. The van der Waals surface area contributed by atoms with E-state index in [1.807, 2.05) is 11.8 Å². The van der Waals surface area contributed by atoms with Crippen LogP contribution in [0.4, 0.5) is 0 Å². The second-order valence-corrected chi connectivity index (χ2v) is 7.70. The molecule has 0 aliphatic heterocycles. The molecule has 0 atom stereocenters. The number of halogens is 1. The van der Waals surface area contributed by atoms with Crippen LogP contribution in [-0.2, 0) is 6.42 Å². The Morgan fingerprint density at radius 1 is 1.28 bits per heavy atom. The summed E-state index contributed by atoms with van der Waals surface area (Å²) in [5.74, 6) is 2.19. The third kappa shape index (κ3) is 3.94. The van der Waals surface area contributed by atoms with Crippen LogP contribution in [0, 0.1) is 5.41 Å². The SMILES string of the molecule is CCc1nsc(SCC2(CBr)CCCCCC2)n1. The van der Waals surface area contributed by atoms with E-state index in [9.17, 15) is 0 Å². The van der Waals surface area contributed by atoms with Gasteiger partial charge in [-0.05, 0) is 29.8 Å². The summed E-state index contributed by atoms with van der Waals surface area (Å²) in [6, 6.07) is 0. The van der Waals surface area contributed by atoms with Crippen molar-refractivity contribution in [1.29, 1.82) is 0 Å². The zero-order valence-corrected chi connectivity index (χ0v) is 14.2. The second kappa shape index (κ2) is 7.25. The molecule has 1 heterocycles. The molecule has 102 valence electrons. The molecule has 18 heavy (non-hydrogen) atoms. The Labute approximate surface area is 127 Å². The van der Waals surface area contributed by atoms with Crippen LogP contribution in [-0.4, -0.2) is 20.4 Å². The number of aromatic nitrogens is 2. The van der Waals surface area contributed by atoms with Crippen LogP contribution in [0.1, 0.15) is 51.3 Å². The van der Waals surface area contributed by atoms with Crippen molar-refractivity contribution < 1.29 is 0 Å². The van der Waals surface area contributed by atoms with Gasteiger partial charge in [0.2, 0.25) is 0 Å². The molecule has 0 N–H and O–H groups in total. The lowest BCUT2D eigenvalue weighted by atomic mass is 9.85. The summed E-state index contributed by atoms with van der Waals surface area (Å²) in [5, 5.41) is 1.13. The first kappa shape index (κ1) is 14.8. The van der Waals surface area contributed by atoms with Gasteiger partial charge in [0.15, 0.2) is 4.34 Å². The summed E-state index contributed by atoms with van der Waals surface area (Å²) >= 11 is 7.22. The number of rotatable bonds is 5. The summed E-state index contributed by atoms with van der Waals surface area (Å²) in [4.78, 5) is 4.56. The van der Waals surface area contributed by atoms with E-state index in [1.54, 1.807) is 11.5 Å². The van der Waals surface area contributed by atoms with Gasteiger partial charge < -0.3 is 0 Å². The van der Waals surface area contributed by atoms with Gasteiger partial charge in [-0.15, -0.1) is 0 Å². The molecule has 0 bridgehead atoms. The number of hydrogen-bond acceptors (Lipinski definition) is 4. The Kier molecular flexibility index (Phi) is 5.96. The number of aryl methyl sites for hydroxylation is 1. The Morgan fingerprint density at radius 3 is 2.56 bits per heavy atom. The molecule has 1 aromatic heterocycles. The van der Waals surface area contributed by atoms with Gasteiger partial charge in [-0.2, -0.15) is 4.37 Å². The molecule has 0 spiro atoms. The molecule has 0 saturated heterocycles. The number of alkyl halides is 1. The Balaban J connectivity index is 1.93. The molecule has 0 amide bonds. The standard InChI is InChI=1S/C13H21BrN2S2/c1-2-11-15-12(18-16-11)17-10-13(9-14)7-5-3-4-6-8-13/h2-10H2,1H3. The quantitative estimate of drug-likeness (QED) is 0.428. The minimum Gasteiger partial charge on any atom is -0.213 e. The summed E-state index contributed by atoms with van der Waals surface area (Å²) in [6.07, 6.45) is 9.29.